The summed E-state index contributed by atoms with van der Waals surface area (Å²) in [6.07, 6.45) is 6.10. The molecule has 2 aliphatic rings. The molecule has 0 spiro atoms. The van der Waals surface area contributed by atoms with E-state index in [1.165, 1.54) is 24.0 Å². The summed E-state index contributed by atoms with van der Waals surface area (Å²) < 4.78 is 5.94. The van der Waals surface area contributed by atoms with Crippen LogP contribution in [0, 0.1) is 5.92 Å². The standard InChI is InChI=1S/C17H24O2/c1-2-13-7-9-17(18,11-13)12-16-15-6-4-3-5-14(15)8-10-19-16/h3-6,13,16,18H,2,7-12H2,1H3. The van der Waals surface area contributed by atoms with Crippen molar-refractivity contribution in [2.24, 2.45) is 5.92 Å². The van der Waals surface area contributed by atoms with Crippen LogP contribution >= 0.6 is 0 Å². The van der Waals surface area contributed by atoms with Gasteiger partial charge in [0.2, 0.25) is 0 Å². The first-order valence-electron chi connectivity index (χ1n) is 7.62. The SMILES string of the molecule is CCC1CCC(O)(CC2OCCc3ccccc32)C1. The molecule has 19 heavy (non-hydrogen) atoms. The molecule has 104 valence electrons. The van der Waals surface area contributed by atoms with Crippen LogP contribution in [0.15, 0.2) is 24.3 Å². The van der Waals surface area contributed by atoms with E-state index in [4.69, 9.17) is 4.74 Å². The second-order valence-corrected chi connectivity index (χ2v) is 6.25. The van der Waals surface area contributed by atoms with Gasteiger partial charge in [-0.05, 0) is 42.7 Å². The summed E-state index contributed by atoms with van der Waals surface area (Å²) in [5.41, 5.74) is 2.19. The van der Waals surface area contributed by atoms with Crippen molar-refractivity contribution in [2.75, 3.05) is 6.61 Å². The fourth-order valence-corrected chi connectivity index (χ4v) is 3.74. The van der Waals surface area contributed by atoms with Crippen molar-refractivity contribution in [3.8, 4) is 0 Å². The van der Waals surface area contributed by atoms with Gasteiger partial charge in [0.15, 0.2) is 0 Å². The van der Waals surface area contributed by atoms with Gasteiger partial charge in [0.1, 0.15) is 0 Å². The first-order chi connectivity index (χ1) is 9.20. The highest BCUT2D eigenvalue weighted by Crippen LogP contribution is 2.43. The van der Waals surface area contributed by atoms with Crippen molar-refractivity contribution in [3.63, 3.8) is 0 Å². The van der Waals surface area contributed by atoms with Crippen molar-refractivity contribution < 1.29 is 9.84 Å². The molecule has 3 atom stereocenters. The average molecular weight is 260 g/mol. The summed E-state index contributed by atoms with van der Waals surface area (Å²) >= 11 is 0. The number of aliphatic hydroxyl groups is 1. The van der Waals surface area contributed by atoms with Gasteiger partial charge in [-0.15, -0.1) is 0 Å². The number of hydrogen-bond donors (Lipinski definition) is 1. The first-order valence-corrected chi connectivity index (χ1v) is 7.62. The molecule has 1 N–H and O–H groups in total. The van der Waals surface area contributed by atoms with E-state index in [-0.39, 0.29) is 6.10 Å². The summed E-state index contributed by atoms with van der Waals surface area (Å²) in [4.78, 5) is 0. The van der Waals surface area contributed by atoms with E-state index in [2.05, 4.69) is 31.2 Å². The molecule has 1 aliphatic heterocycles. The number of benzene rings is 1. The largest absolute Gasteiger partial charge is 0.390 e. The Balaban J connectivity index is 1.74. The van der Waals surface area contributed by atoms with Crippen LogP contribution in [-0.2, 0) is 11.2 Å². The third kappa shape index (κ3) is 2.70. The zero-order valence-electron chi connectivity index (χ0n) is 11.8. The number of hydrogen-bond acceptors (Lipinski definition) is 2. The molecule has 0 amide bonds. The lowest BCUT2D eigenvalue weighted by molar-refractivity contribution is -0.0444. The van der Waals surface area contributed by atoms with Crippen molar-refractivity contribution in [3.05, 3.63) is 35.4 Å². The van der Waals surface area contributed by atoms with Gasteiger partial charge in [0.05, 0.1) is 18.3 Å². The van der Waals surface area contributed by atoms with E-state index in [9.17, 15) is 5.11 Å². The van der Waals surface area contributed by atoms with Crippen LogP contribution in [0.25, 0.3) is 0 Å². The zero-order valence-corrected chi connectivity index (χ0v) is 11.8. The van der Waals surface area contributed by atoms with Gasteiger partial charge < -0.3 is 9.84 Å². The van der Waals surface area contributed by atoms with E-state index < -0.39 is 5.60 Å². The van der Waals surface area contributed by atoms with Crippen LogP contribution in [0.5, 0.6) is 0 Å². The fraction of sp³-hybridized carbons (Fsp3) is 0.647. The highest BCUT2D eigenvalue weighted by atomic mass is 16.5. The Labute approximate surface area is 115 Å². The van der Waals surface area contributed by atoms with Crippen LogP contribution in [0.2, 0.25) is 0 Å². The number of fused-ring (bicyclic) bond motifs is 1. The molecule has 0 aromatic heterocycles. The number of ether oxygens (including phenoxy) is 1. The Morgan fingerprint density at radius 3 is 3.00 bits per heavy atom. The summed E-state index contributed by atoms with van der Waals surface area (Å²) in [5.74, 6) is 0.698. The fourth-order valence-electron chi connectivity index (χ4n) is 3.74. The molecule has 3 rings (SSSR count). The third-order valence-corrected chi connectivity index (χ3v) is 4.92. The first kappa shape index (κ1) is 13.1. The Hall–Kier alpha value is -0.860. The quantitative estimate of drug-likeness (QED) is 0.899. The van der Waals surface area contributed by atoms with Crippen molar-refractivity contribution in [1.82, 2.24) is 0 Å². The molecular formula is C17H24O2. The summed E-state index contributed by atoms with van der Waals surface area (Å²) in [7, 11) is 0. The highest BCUT2D eigenvalue weighted by molar-refractivity contribution is 5.31. The smallest absolute Gasteiger partial charge is 0.0855 e. The maximum Gasteiger partial charge on any atom is 0.0855 e. The molecule has 3 unspecified atom stereocenters. The predicted molar refractivity (Wildman–Crippen MR) is 76.0 cm³/mol. The summed E-state index contributed by atoms with van der Waals surface area (Å²) in [6, 6.07) is 8.53. The van der Waals surface area contributed by atoms with Gasteiger partial charge in [-0.2, -0.15) is 0 Å². The molecule has 2 nitrogen and oxygen atoms in total. The third-order valence-electron chi connectivity index (χ3n) is 4.92. The van der Waals surface area contributed by atoms with Gasteiger partial charge in [0.25, 0.3) is 0 Å². The minimum atomic E-state index is -0.504. The van der Waals surface area contributed by atoms with Crippen molar-refractivity contribution >= 4 is 0 Å². The van der Waals surface area contributed by atoms with Crippen LogP contribution < -0.4 is 0 Å². The van der Waals surface area contributed by atoms with Crippen molar-refractivity contribution in [1.29, 1.82) is 0 Å². The van der Waals surface area contributed by atoms with E-state index in [1.54, 1.807) is 0 Å². The molecule has 2 heteroatoms. The van der Waals surface area contributed by atoms with Gasteiger partial charge in [0, 0.05) is 6.42 Å². The molecule has 1 aromatic carbocycles. The maximum atomic E-state index is 10.8. The second-order valence-electron chi connectivity index (χ2n) is 6.25. The van der Waals surface area contributed by atoms with E-state index in [0.29, 0.717) is 5.92 Å². The summed E-state index contributed by atoms with van der Waals surface area (Å²) in [5, 5.41) is 10.8. The average Bonchev–Trinajstić information content (AvgIpc) is 2.81. The van der Waals surface area contributed by atoms with E-state index >= 15 is 0 Å². The molecule has 1 saturated carbocycles. The molecule has 1 heterocycles. The van der Waals surface area contributed by atoms with Gasteiger partial charge in [-0.25, -0.2) is 0 Å². The monoisotopic (exact) mass is 260 g/mol. The minimum Gasteiger partial charge on any atom is -0.390 e. The van der Waals surface area contributed by atoms with Gasteiger partial charge in [-0.3, -0.25) is 0 Å². The Bertz CT molecular complexity index is 443. The second kappa shape index (κ2) is 5.26. The predicted octanol–water partition coefficient (Wildman–Crippen LogP) is 3.63. The highest BCUT2D eigenvalue weighted by Gasteiger charge is 2.39. The Kier molecular flexibility index (Phi) is 3.64. The van der Waals surface area contributed by atoms with Crippen molar-refractivity contribution in [2.45, 2.75) is 57.2 Å². The van der Waals surface area contributed by atoms with Gasteiger partial charge in [-0.1, -0.05) is 37.6 Å². The minimum absolute atomic E-state index is 0.0885. The van der Waals surface area contributed by atoms with Crippen LogP contribution in [-0.4, -0.2) is 17.3 Å². The lowest BCUT2D eigenvalue weighted by atomic mass is 9.87. The Morgan fingerprint density at radius 1 is 1.37 bits per heavy atom. The van der Waals surface area contributed by atoms with E-state index in [1.807, 2.05) is 0 Å². The molecular weight excluding hydrogens is 236 g/mol. The summed E-state index contributed by atoms with van der Waals surface area (Å²) in [6.45, 7) is 3.01. The number of rotatable bonds is 3. The van der Waals surface area contributed by atoms with Crippen LogP contribution in [0.3, 0.4) is 0 Å². The molecule has 0 radical (unpaired) electrons. The van der Waals surface area contributed by atoms with Crippen LogP contribution in [0.1, 0.15) is 56.3 Å². The lowest BCUT2D eigenvalue weighted by Gasteiger charge is -2.32. The molecule has 1 aliphatic carbocycles. The Morgan fingerprint density at radius 2 is 2.21 bits per heavy atom. The van der Waals surface area contributed by atoms with Crippen LogP contribution in [0.4, 0.5) is 0 Å². The lowest BCUT2D eigenvalue weighted by Crippen LogP contribution is -2.30. The van der Waals surface area contributed by atoms with E-state index in [0.717, 1.165) is 32.3 Å². The molecule has 1 fully saturated rings. The maximum absolute atomic E-state index is 10.8. The topological polar surface area (TPSA) is 29.5 Å². The van der Waals surface area contributed by atoms with Gasteiger partial charge >= 0.3 is 0 Å². The zero-order chi connectivity index (χ0) is 13.3. The molecule has 0 saturated heterocycles. The normalized spacial score (nSPS) is 34.2. The molecule has 1 aromatic rings. The molecule has 0 bridgehead atoms.